The van der Waals surface area contributed by atoms with Gasteiger partial charge in [0.1, 0.15) is 6.04 Å². The van der Waals surface area contributed by atoms with Crippen LogP contribution in [0.5, 0.6) is 0 Å². The number of benzene rings is 2. The van der Waals surface area contributed by atoms with Gasteiger partial charge in [0, 0.05) is 6.20 Å². The van der Waals surface area contributed by atoms with E-state index in [2.05, 4.69) is 54.3 Å². The summed E-state index contributed by atoms with van der Waals surface area (Å²) >= 11 is 0. The normalized spacial score (nSPS) is 18.8. The summed E-state index contributed by atoms with van der Waals surface area (Å²) in [6.45, 7) is 2.88. The summed E-state index contributed by atoms with van der Waals surface area (Å²) in [5.41, 5.74) is 3.21. The van der Waals surface area contributed by atoms with Gasteiger partial charge in [0.2, 0.25) is 0 Å². The molecular formula is C24H26N2O2. The summed E-state index contributed by atoms with van der Waals surface area (Å²) < 4.78 is 0. The number of likely N-dealkylation sites (tertiary alicyclic amines) is 1. The number of aromatic nitrogens is 1. The second-order valence-electron chi connectivity index (χ2n) is 7.54. The van der Waals surface area contributed by atoms with E-state index >= 15 is 0 Å². The Bertz CT molecular complexity index is 968. The molecular weight excluding hydrogens is 348 g/mol. The van der Waals surface area contributed by atoms with Crippen LogP contribution in [0.15, 0.2) is 60.8 Å². The van der Waals surface area contributed by atoms with E-state index in [9.17, 15) is 9.90 Å². The molecule has 0 amide bonds. The Balaban J connectivity index is 1.82. The molecule has 4 nitrogen and oxygen atoms in total. The third-order valence-electron chi connectivity index (χ3n) is 5.79. The summed E-state index contributed by atoms with van der Waals surface area (Å²) in [7, 11) is 0. The van der Waals surface area contributed by atoms with Gasteiger partial charge in [-0.25, -0.2) is 0 Å². The minimum absolute atomic E-state index is 0.156. The van der Waals surface area contributed by atoms with Gasteiger partial charge in [-0.2, -0.15) is 0 Å². The summed E-state index contributed by atoms with van der Waals surface area (Å²) in [4.78, 5) is 18.9. The Labute approximate surface area is 165 Å². The Hall–Kier alpha value is -2.72. The first-order chi connectivity index (χ1) is 13.7. The SMILES string of the molecule is CCc1ccc(C(c2ccc3ccccc3c2)N2CCCCC2C(=O)O)nc1. The van der Waals surface area contributed by atoms with Gasteiger partial charge in [-0.1, -0.05) is 55.8 Å². The second-order valence-corrected chi connectivity index (χ2v) is 7.54. The number of piperidine rings is 1. The number of aliphatic carboxylic acids is 1. The van der Waals surface area contributed by atoms with Crippen molar-refractivity contribution in [1.29, 1.82) is 0 Å². The zero-order chi connectivity index (χ0) is 19.5. The van der Waals surface area contributed by atoms with Crippen molar-refractivity contribution < 1.29 is 9.90 Å². The van der Waals surface area contributed by atoms with E-state index in [1.807, 2.05) is 18.3 Å². The minimum Gasteiger partial charge on any atom is -0.480 e. The predicted octanol–water partition coefficient (Wildman–Crippen LogP) is 4.83. The Morgan fingerprint density at radius 1 is 1.14 bits per heavy atom. The number of pyridine rings is 1. The number of nitrogens with zero attached hydrogens (tertiary/aromatic N) is 2. The van der Waals surface area contributed by atoms with Gasteiger partial charge < -0.3 is 5.11 Å². The molecule has 1 aliphatic heterocycles. The molecule has 0 spiro atoms. The lowest BCUT2D eigenvalue weighted by Crippen LogP contribution is -2.47. The van der Waals surface area contributed by atoms with Gasteiger partial charge in [-0.3, -0.25) is 14.7 Å². The van der Waals surface area contributed by atoms with Gasteiger partial charge in [0.15, 0.2) is 0 Å². The zero-order valence-electron chi connectivity index (χ0n) is 16.2. The molecule has 0 saturated carbocycles. The highest BCUT2D eigenvalue weighted by molar-refractivity contribution is 5.83. The molecule has 144 valence electrons. The number of aryl methyl sites for hydroxylation is 1. The lowest BCUT2D eigenvalue weighted by molar-refractivity contribution is -0.145. The van der Waals surface area contributed by atoms with Crippen molar-refractivity contribution in [1.82, 2.24) is 9.88 Å². The molecule has 1 N–H and O–H groups in total. The second kappa shape index (κ2) is 8.11. The van der Waals surface area contributed by atoms with Crippen molar-refractivity contribution >= 4 is 16.7 Å². The van der Waals surface area contributed by atoms with Crippen LogP contribution in [0.3, 0.4) is 0 Å². The summed E-state index contributed by atoms with van der Waals surface area (Å²) in [6.07, 6.45) is 5.52. The number of carboxylic acids is 1. The van der Waals surface area contributed by atoms with E-state index in [-0.39, 0.29) is 6.04 Å². The monoisotopic (exact) mass is 374 g/mol. The fourth-order valence-corrected chi connectivity index (χ4v) is 4.24. The fourth-order valence-electron chi connectivity index (χ4n) is 4.24. The lowest BCUT2D eigenvalue weighted by Gasteiger charge is -2.39. The van der Waals surface area contributed by atoms with Crippen LogP contribution in [0.2, 0.25) is 0 Å². The fraction of sp³-hybridized carbons (Fsp3) is 0.333. The van der Waals surface area contributed by atoms with Gasteiger partial charge >= 0.3 is 5.97 Å². The van der Waals surface area contributed by atoms with Crippen molar-refractivity contribution in [2.45, 2.75) is 44.7 Å². The largest absolute Gasteiger partial charge is 0.480 e. The quantitative estimate of drug-likeness (QED) is 0.695. The van der Waals surface area contributed by atoms with Crippen molar-refractivity contribution in [3.63, 3.8) is 0 Å². The molecule has 28 heavy (non-hydrogen) atoms. The van der Waals surface area contributed by atoms with Crippen molar-refractivity contribution in [2.75, 3.05) is 6.54 Å². The van der Waals surface area contributed by atoms with Gasteiger partial charge in [0.25, 0.3) is 0 Å². The highest BCUT2D eigenvalue weighted by Gasteiger charge is 2.35. The van der Waals surface area contributed by atoms with Crippen LogP contribution in [0.25, 0.3) is 10.8 Å². The van der Waals surface area contributed by atoms with Crippen LogP contribution in [0, 0.1) is 0 Å². The molecule has 1 saturated heterocycles. The molecule has 2 unspecified atom stereocenters. The average Bonchev–Trinajstić information content (AvgIpc) is 2.74. The predicted molar refractivity (Wildman–Crippen MR) is 111 cm³/mol. The first-order valence-corrected chi connectivity index (χ1v) is 10.1. The molecule has 2 aromatic carbocycles. The maximum atomic E-state index is 12.0. The number of rotatable bonds is 5. The van der Waals surface area contributed by atoms with Crippen molar-refractivity contribution in [3.8, 4) is 0 Å². The van der Waals surface area contributed by atoms with Crippen molar-refractivity contribution in [2.24, 2.45) is 0 Å². The van der Waals surface area contributed by atoms with E-state index in [1.54, 1.807) is 0 Å². The molecule has 0 aliphatic carbocycles. The molecule has 2 heterocycles. The third-order valence-corrected chi connectivity index (χ3v) is 5.79. The topological polar surface area (TPSA) is 53.4 Å². The number of fused-ring (bicyclic) bond motifs is 1. The Kier molecular flexibility index (Phi) is 5.40. The van der Waals surface area contributed by atoms with Crippen LogP contribution < -0.4 is 0 Å². The van der Waals surface area contributed by atoms with Crippen molar-refractivity contribution in [3.05, 3.63) is 77.6 Å². The standard InChI is InChI=1S/C24H26N2O2/c1-2-17-10-13-21(25-16-17)23(26-14-6-5-9-22(26)24(27)28)20-12-11-18-7-3-4-8-19(18)15-20/h3-4,7-8,10-13,15-16,22-23H,2,5-6,9,14H2,1H3,(H,27,28). The minimum atomic E-state index is -0.740. The molecule has 2 atom stereocenters. The van der Waals surface area contributed by atoms with Gasteiger partial charge in [-0.15, -0.1) is 0 Å². The summed E-state index contributed by atoms with van der Waals surface area (Å²) in [5, 5.41) is 12.2. The first kappa shape index (κ1) is 18.6. The zero-order valence-corrected chi connectivity index (χ0v) is 16.2. The summed E-state index contributed by atoms with van der Waals surface area (Å²) in [5.74, 6) is -0.740. The third kappa shape index (κ3) is 3.65. The van der Waals surface area contributed by atoms with Crippen LogP contribution in [-0.2, 0) is 11.2 Å². The van der Waals surface area contributed by atoms with Crippen LogP contribution >= 0.6 is 0 Å². The van der Waals surface area contributed by atoms with E-state index in [4.69, 9.17) is 4.98 Å². The first-order valence-electron chi connectivity index (χ1n) is 10.1. The highest BCUT2D eigenvalue weighted by atomic mass is 16.4. The number of carbonyl (C=O) groups is 1. The Morgan fingerprint density at radius 3 is 2.68 bits per heavy atom. The maximum Gasteiger partial charge on any atom is 0.320 e. The Morgan fingerprint density at radius 2 is 1.96 bits per heavy atom. The summed E-state index contributed by atoms with van der Waals surface area (Å²) in [6, 6.07) is 18.2. The average molecular weight is 374 g/mol. The molecule has 0 bridgehead atoms. The molecule has 1 aromatic heterocycles. The van der Waals surface area contributed by atoms with Gasteiger partial charge in [0.05, 0.1) is 11.7 Å². The number of hydrogen-bond donors (Lipinski definition) is 1. The highest BCUT2D eigenvalue weighted by Crippen LogP contribution is 2.34. The maximum absolute atomic E-state index is 12.0. The van der Waals surface area contributed by atoms with E-state index in [0.717, 1.165) is 37.1 Å². The van der Waals surface area contributed by atoms with Crippen LogP contribution in [-0.4, -0.2) is 33.5 Å². The molecule has 4 heteroatoms. The molecule has 0 radical (unpaired) electrons. The number of carboxylic acid groups (broad SMARTS) is 1. The van der Waals surface area contributed by atoms with Crippen LogP contribution in [0.1, 0.15) is 49.0 Å². The number of hydrogen-bond acceptors (Lipinski definition) is 3. The molecule has 1 fully saturated rings. The van der Waals surface area contributed by atoms with Gasteiger partial charge in [-0.05, 0) is 59.8 Å². The van der Waals surface area contributed by atoms with Crippen LogP contribution in [0.4, 0.5) is 0 Å². The van der Waals surface area contributed by atoms with E-state index in [1.165, 1.54) is 16.3 Å². The molecule has 4 rings (SSSR count). The molecule has 3 aromatic rings. The lowest BCUT2D eigenvalue weighted by atomic mass is 9.92. The smallest absolute Gasteiger partial charge is 0.320 e. The van der Waals surface area contributed by atoms with E-state index < -0.39 is 12.0 Å². The van der Waals surface area contributed by atoms with E-state index in [0.29, 0.717) is 6.42 Å². The molecule has 1 aliphatic rings.